The van der Waals surface area contributed by atoms with Gasteiger partial charge < -0.3 is 5.32 Å². The normalized spacial score (nSPS) is 14.3. The highest BCUT2D eigenvalue weighted by molar-refractivity contribution is 5.86. The van der Waals surface area contributed by atoms with Gasteiger partial charge in [-0.3, -0.25) is 0 Å². The van der Waals surface area contributed by atoms with Crippen LogP contribution in [0.4, 0.5) is 11.4 Å². The van der Waals surface area contributed by atoms with Crippen LogP contribution in [-0.2, 0) is 0 Å². The minimum absolute atomic E-state index is 0.248. The van der Waals surface area contributed by atoms with E-state index < -0.39 is 0 Å². The third-order valence-electron chi connectivity index (χ3n) is 6.09. The van der Waals surface area contributed by atoms with E-state index in [4.69, 9.17) is 0 Å². The maximum Gasteiger partial charge on any atom is 0.0387 e. The Hall–Kier alpha value is -3.84. The van der Waals surface area contributed by atoms with Gasteiger partial charge in [-0.05, 0) is 62.9 Å². The van der Waals surface area contributed by atoms with Gasteiger partial charge in [-0.25, -0.2) is 0 Å². The third kappa shape index (κ3) is 2.79. The molecule has 0 bridgehead atoms. The molecule has 0 heterocycles. The summed E-state index contributed by atoms with van der Waals surface area (Å²) in [6.07, 6.45) is 0. The van der Waals surface area contributed by atoms with Crippen LogP contribution in [0.25, 0.3) is 21.9 Å². The van der Waals surface area contributed by atoms with Crippen molar-refractivity contribution in [2.45, 2.75) is 5.92 Å². The molecule has 0 amide bonds. The average molecular weight is 383 g/mol. The fourth-order valence-electron chi connectivity index (χ4n) is 4.72. The largest absolute Gasteiger partial charge is 0.356 e. The SMILES string of the molecule is c1ccc(Nc2ccc3c(c2)C(c2ccc4ccccc4c2)c2ccccc2-3)cc1. The van der Waals surface area contributed by atoms with Crippen molar-refractivity contribution in [3.8, 4) is 11.1 Å². The molecule has 1 atom stereocenters. The quantitative estimate of drug-likeness (QED) is 0.329. The maximum atomic E-state index is 3.56. The molecule has 0 fully saturated rings. The highest BCUT2D eigenvalue weighted by atomic mass is 14.9. The van der Waals surface area contributed by atoms with Crippen molar-refractivity contribution in [2.75, 3.05) is 5.32 Å². The molecule has 0 aromatic heterocycles. The first-order valence-corrected chi connectivity index (χ1v) is 10.4. The predicted molar refractivity (Wildman–Crippen MR) is 126 cm³/mol. The van der Waals surface area contributed by atoms with Crippen molar-refractivity contribution in [1.82, 2.24) is 0 Å². The first kappa shape index (κ1) is 17.1. The van der Waals surface area contributed by atoms with Crippen LogP contribution in [0.5, 0.6) is 0 Å². The van der Waals surface area contributed by atoms with E-state index in [1.54, 1.807) is 0 Å². The van der Waals surface area contributed by atoms with Crippen LogP contribution >= 0.6 is 0 Å². The zero-order valence-corrected chi connectivity index (χ0v) is 16.5. The minimum Gasteiger partial charge on any atom is -0.356 e. The summed E-state index contributed by atoms with van der Waals surface area (Å²) in [5.41, 5.74) is 9.01. The van der Waals surface area contributed by atoms with Gasteiger partial charge in [0.1, 0.15) is 0 Å². The second kappa shape index (κ2) is 6.89. The van der Waals surface area contributed by atoms with Gasteiger partial charge in [0.15, 0.2) is 0 Å². The molecule has 1 aliphatic carbocycles. The average Bonchev–Trinajstić information content (AvgIpc) is 3.13. The maximum absolute atomic E-state index is 3.56. The lowest BCUT2D eigenvalue weighted by atomic mass is 9.88. The van der Waals surface area contributed by atoms with Crippen LogP contribution in [-0.4, -0.2) is 0 Å². The summed E-state index contributed by atoms with van der Waals surface area (Å²) < 4.78 is 0. The second-order valence-corrected chi connectivity index (χ2v) is 7.92. The molecule has 142 valence electrons. The van der Waals surface area contributed by atoms with Gasteiger partial charge >= 0.3 is 0 Å². The molecule has 6 rings (SSSR count). The van der Waals surface area contributed by atoms with Crippen molar-refractivity contribution in [2.24, 2.45) is 0 Å². The van der Waals surface area contributed by atoms with Crippen molar-refractivity contribution < 1.29 is 0 Å². The van der Waals surface area contributed by atoms with Crippen molar-refractivity contribution in [1.29, 1.82) is 0 Å². The van der Waals surface area contributed by atoms with E-state index in [2.05, 4.69) is 115 Å². The van der Waals surface area contributed by atoms with Gasteiger partial charge in [-0.15, -0.1) is 0 Å². The molecule has 0 saturated carbocycles. The number of para-hydroxylation sites is 1. The molecule has 5 aromatic carbocycles. The van der Waals surface area contributed by atoms with Gasteiger partial charge in [0, 0.05) is 17.3 Å². The molecular weight excluding hydrogens is 362 g/mol. The number of benzene rings is 5. The fraction of sp³-hybridized carbons (Fsp3) is 0.0345. The Balaban J connectivity index is 1.50. The molecule has 5 aromatic rings. The highest BCUT2D eigenvalue weighted by Crippen LogP contribution is 2.49. The van der Waals surface area contributed by atoms with E-state index in [0.717, 1.165) is 11.4 Å². The van der Waals surface area contributed by atoms with Crippen molar-refractivity contribution >= 4 is 22.1 Å². The summed E-state index contributed by atoms with van der Waals surface area (Å²) in [7, 11) is 0. The zero-order valence-electron chi connectivity index (χ0n) is 16.5. The Bertz CT molecular complexity index is 1370. The Morgan fingerprint density at radius 3 is 2.10 bits per heavy atom. The lowest BCUT2D eigenvalue weighted by Gasteiger charge is -2.16. The number of nitrogens with one attached hydrogen (secondary N) is 1. The molecule has 0 radical (unpaired) electrons. The Morgan fingerprint density at radius 2 is 1.20 bits per heavy atom. The standard InChI is InChI=1S/C29H21N/c1-2-10-23(11-3-1)30-24-16-17-26-25-12-6-7-13-27(25)29(28(26)19-24)22-15-14-20-8-4-5-9-21(20)18-22/h1-19,29-30H. The summed E-state index contributed by atoms with van der Waals surface area (Å²) in [5, 5.41) is 6.14. The summed E-state index contributed by atoms with van der Waals surface area (Å²) in [4.78, 5) is 0. The highest BCUT2D eigenvalue weighted by Gasteiger charge is 2.30. The van der Waals surface area contributed by atoms with Crippen LogP contribution in [0, 0.1) is 0 Å². The monoisotopic (exact) mass is 383 g/mol. The Labute approximate surface area is 176 Å². The molecule has 1 unspecified atom stereocenters. The third-order valence-corrected chi connectivity index (χ3v) is 6.09. The topological polar surface area (TPSA) is 12.0 Å². The van der Waals surface area contributed by atoms with Crippen LogP contribution in [0.3, 0.4) is 0 Å². The summed E-state index contributed by atoms with van der Waals surface area (Å²) in [6.45, 7) is 0. The Kier molecular flexibility index (Phi) is 3.92. The summed E-state index contributed by atoms with van der Waals surface area (Å²) in [5.74, 6) is 0.248. The van der Waals surface area contributed by atoms with Gasteiger partial charge in [0.2, 0.25) is 0 Å². The van der Waals surface area contributed by atoms with Crippen LogP contribution in [0.1, 0.15) is 22.6 Å². The molecule has 1 aliphatic rings. The predicted octanol–water partition coefficient (Wildman–Crippen LogP) is 7.74. The smallest absolute Gasteiger partial charge is 0.0387 e. The van der Waals surface area contributed by atoms with Crippen molar-refractivity contribution in [3.05, 3.63) is 132 Å². The molecule has 30 heavy (non-hydrogen) atoms. The lowest BCUT2D eigenvalue weighted by molar-refractivity contribution is 1.02. The van der Waals surface area contributed by atoms with Crippen LogP contribution in [0.2, 0.25) is 0 Å². The minimum atomic E-state index is 0.248. The number of rotatable bonds is 3. The zero-order chi connectivity index (χ0) is 19.9. The lowest BCUT2D eigenvalue weighted by Crippen LogP contribution is -2.00. The molecule has 1 N–H and O–H groups in total. The molecule has 1 heteroatoms. The van der Waals surface area contributed by atoms with Gasteiger partial charge in [0.25, 0.3) is 0 Å². The van der Waals surface area contributed by atoms with E-state index in [1.165, 1.54) is 38.6 Å². The molecule has 1 nitrogen and oxygen atoms in total. The molecule has 0 aliphatic heterocycles. The van der Waals surface area contributed by atoms with Crippen LogP contribution < -0.4 is 5.32 Å². The Morgan fingerprint density at radius 1 is 0.467 bits per heavy atom. The van der Waals surface area contributed by atoms with E-state index in [9.17, 15) is 0 Å². The summed E-state index contributed by atoms with van der Waals surface area (Å²) in [6, 6.07) is 41.4. The first-order valence-electron chi connectivity index (χ1n) is 10.4. The fourth-order valence-corrected chi connectivity index (χ4v) is 4.72. The van der Waals surface area contributed by atoms with Crippen molar-refractivity contribution in [3.63, 3.8) is 0 Å². The number of hydrogen-bond donors (Lipinski definition) is 1. The number of hydrogen-bond acceptors (Lipinski definition) is 1. The molecule has 0 spiro atoms. The van der Waals surface area contributed by atoms with E-state index in [1.807, 2.05) is 6.07 Å². The molecule has 0 saturated heterocycles. The van der Waals surface area contributed by atoms with Gasteiger partial charge in [-0.1, -0.05) is 91.0 Å². The van der Waals surface area contributed by atoms with Gasteiger partial charge in [-0.2, -0.15) is 0 Å². The van der Waals surface area contributed by atoms with E-state index in [-0.39, 0.29) is 5.92 Å². The van der Waals surface area contributed by atoms with Gasteiger partial charge in [0.05, 0.1) is 0 Å². The number of fused-ring (bicyclic) bond motifs is 4. The number of anilines is 2. The molecular formula is C29H21N. The van der Waals surface area contributed by atoms with Crippen LogP contribution in [0.15, 0.2) is 115 Å². The van der Waals surface area contributed by atoms with E-state index in [0.29, 0.717) is 0 Å². The second-order valence-electron chi connectivity index (χ2n) is 7.92. The first-order chi connectivity index (χ1) is 14.9. The van der Waals surface area contributed by atoms with E-state index >= 15 is 0 Å². The summed E-state index contributed by atoms with van der Waals surface area (Å²) >= 11 is 0.